The average molecular weight is 302 g/mol. The lowest BCUT2D eigenvalue weighted by Gasteiger charge is -2.13. The Hall–Kier alpha value is -2.69. The third-order valence-electron chi connectivity index (χ3n) is 2.91. The van der Waals surface area contributed by atoms with Crippen LogP contribution in [0.1, 0.15) is 17.3 Å². The fraction of sp³-hybridized carbons (Fsp3) is 0.176. The third kappa shape index (κ3) is 4.41. The van der Waals surface area contributed by atoms with Gasteiger partial charge >= 0.3 is 5.97 Å². The SMILES string of the molecule is CC(OC(=O)COc1ccccc1)C(=O)c1ccc(F)cc1. The van der Waals surface area contributed by atoms with E-state index in [0.29, 0.717) is 5.75 Å². The van der Waals surface area contributed by atoms with Crippen molar-refractivity contribution in [3.63, 3.8) is 0 Å². The molecule has 1 unspecified atom stereocenters. The Morgan fingerprint density at radius 3 is 2.32 bits per heavy atom. The lowest BCUT2D eigenvalue weighted by atomic mass is 10.1. The Kier molecular flexibility index (Phi) is 5.25. The summed E-state index contributed by atoms with van der Waals surface area (Å²) in [5.41, 5.74) is 0.283. The van der Waals surface area contributed by atoms with E-state index in [2.05, 4.69) is 0 Å². The monoisotopic (exact) mass is 302 g/mol. The van der Waals surface area contributed by atoms with Gasteiger partial charge in [0.25, 0.3) is 0 Å². The molecule has 0 heterocycles. The molecule has 0 aliphatic rings. The van der Waals surface area contributed by atoms with Gasteiger partial charge in [-0.15, -0.1) is 0 Å². The van der Waals surface area contributed by atoms with Gasteiger partial charge < -0.3 is 9.47 Å². The molecule has 22 heavy (non-hydrogen) atoms. The molecule has 2 rings (SSSR count). The van der Waals surface area contributed by atoms with Crippen LogP contribution < -0.4 is 4.74 Å². The first kappa shape index (κ1) is 15.7. The first-order chi connectivity index (χ1) is 10.6. The Labute approximate surface area is 127 Å². The number of Topliss-reactive ketones (excluding diaryl/α,β-unsaturated/α-hetero) is 1. The zero-order valence-electron chi connectivity index (χ0n) is 12.0. The van der Waals surface area contributed by atoms with E-state index in [9.17, 15) is 14.0 Å². The van der Waals surface area contributed by atoms with Crippen LogP contribution in [-0.4, -0.2) is 24.5 Å². The van der Waals surface area contributed by atoms with Crippen molar-refractivity contribution >= 4 is 11.8 Å². The minimum atomic E-state index is -0.961. The van der Waals surface area contributed by atoms with Gasteiger partial charge in [0.1, 0.15) is 11.6 Å². The number of rotatable bonds is 6. The number of ketones is 1. The van der Waals surface area contributed by atoms with Crippen LogP contribution in [0.4, 0.5) is 4.39 Å². The Bertz CT molecular complexity index is 637. The Balaban J connectivity index is 1.85. The van der Waals surface area contributed by atoms with Crippen LogP contribution in [0.15, 0.2) is 54.6 Å². The van der Waals surface area contributed by atoms with Crippen molar-refractivity contribution in [2.45, 2.75) is 13.0 Å². The molecule has 1 atom stereocenters. The van der Waals surface area contributed by atoms with E-state index in [1.54, 1.807) is 24.3 Å². The summed E-state index contributed by atoms with van der Waals surface area (Å²) in [6, 6.07) is 13.9. The first-order valence-corrected chi connectivity index (χ1v) is 6.73. The van der Waals surface area contributed by atoms with Gasteiger partial charge in [-0.05, 0) is 43.3 Å². The largest absolute Gasteiger partial charge is 0.482 e. The van der Waals surface area contributed by atoms with Crippen molar-refractivity contribution < 1.29 is 23.5 Å². The summed E-state index contributed by atoms with van der Waals surface area (Å²) >= 11 is 0. The topological polar surface area (TPSA) is 52.6 Å². The number of esters is 1. The summed E-state index contributed by atoms with van der Waals surface area (Å²) in [4.78, 5) is 23.7. The predicted octanol–water partition coefficient (Wildman–Crippen LogP) is 3.02. The van der Waals surface area contributed by atoms with Gasteiger partial charge in [0.05, 0.1) is 0 Å². The van der Waals surface area contributed by atoms with Crippen LogP contribution >= 0.6 is 0 Å². The molecular weight excluding hydrogens is 287 g/mol. The highest BCUT2D eigenvalue weighted by atomic mass is 19.1. The fourth-order valence-corrected chi connectivity index (χ4v) is 1.79. The van der Waals surface area contributed by atoms with Gasteiger partial charge in [-0.3, -0.25) is 4.79 Å². The molecule has 4 nitrogen and oxygen atoms in total. The standard InChI is InChI=1S/C17H15FO4/c1-12(17(20)13-7-9-14(18)10-8-13)22-16(19)11-21-15-5-3-2-4-6-15/h2-10,12H,11H2,1H3. The molecule has 0 spiro atoms. The normalized spacial score (nSPS) is 11.5. The highest BCUT2D eigenvalue weighted by Gasteiger charge is 2.19. The van der Waals surface area contributed by atoms with Gasteiger partial charge in [-0.1, -0.05) is 18.2 Å². The van der Waals surface area contributed by atoms with Crippen LogP contribution in [0.2, 0.25) is 0 Å². The maximum absolute atomic E-state index is 12.8. The number of para-hydroxylation sites is 1. The highest BCUT2D eigenvalue weighted by Crippen LogP contribution is 2.10. The second kappa shape index (κ2) is 7.36. The third-order valence-corrected chi connectivity index (χ3v) is 2.91. The maximum Gasteiger partial charge on any atom is 0.344 e. The Morgan fingerprint density at radius 2 is 1.68 bits per heavy atom. The van der Waals surface area contributed by atoms with Crippen LogP contribution in [-0.2, 0) is 9.53 Å². The molecule has 2 aromatic rings. The van der Waals surface area contributed by atoms with E-state index in [0.717, 1.165) is 0 Å². The van der Waals surface area contributed by atoms with Crippen LogP contribution in [0.5, 0.6) is 5.75 Å². The number of hydrogen-bond donors (Lipinski definition) is 0. The van der Waals surface area contributed by atoms with E-state index in [4.69, 9.17) is 9.47 Å². The molecular formula is C17H15FO4. The second-order valence-electron chi connectivity index (χ2n) is 4.60. The predicted molar refractivity (Wildman–Crippen MR) is 78.2 cm³/mol. The van der Waals surface area contributed by atoms with E-state index in [1.807, 2.05) is 6.07 Å². The van der Waals surface area contributed by atoms with Crippen molar-refractivity contribution in [1.29, 1.82) is 0 Å². The molecule has 2 aromatic carbocycles. The van der Waals surface area contributed by atoms with Crippen molar-refractivity contribution in [2.75, 3.05) is 6.61 Å². The summed E-state index contributed by atoms with van der Waals surface area (Å²) < 4.78 is 23.1. The van der Waals surface area contributed by atoms with E-state index >= 15 is 0 Å². The van der Waals surface area contributed by atoms with E-state index in [1.165, 1.54) is 31.2 Å². The summed E-state index contributed by atoms with van der Waals surface area (Å²) in [6.07, 6.45) is -0.961. The lowest BCUT2D eigenvalue weighted by Crippen LogP contribution is -2.27. The molecule has 0 aliphatic heterocycles. The average Bonchev–Trinajstić information content (AvgIpc) is 2.54. The maximum atomic E-state index is 12.8. The number of carbonyl (C=O) groups is 2. The molecule has 0 fully saturated rings. The number of hydrogen-bond acceptors (Lipinski definition) is 4. The smallest absolute Gasteiger partial charge is 0.344 e. The molecule has 5 heteroatoms. The van der Waals surface area contributed by atoms with Gasteiger partial charge in [-0.25, -0.2) is 9.18 Å². The molecule has 0 aromatic heterocycles. The first-order valence-electron chi connectivity index (χ1n) is 6.73. The van der Waals surface area contributed by atoms with Gasteiger partial charge in [0.2, 0.25) is 5.78 Å². The second-order valence-corrected chi connectivity index (χ2v) is 4.60. The highest BCUT2D eigenvalue weighted by molar-refractivity contribution is 6.00. The number of halogens is 1. The molecule has 0 bridgehead atoms. The van der Waals surface area contributed by atoms with Crippen LogP contribution in [0.25, 0.3) is 0 Å². The minimum Gasteiger partial charge on any atom is -0.482 e. The van der Waals surface area contributed by atoms with Crippen molar-refractivity contribution in [3.8, 4) is 5.75 Å². The summed E-state index contributed by atoms with van der Waals surface area (Å²) in [5, 5.41) is 0. The van der Waals surface area contributed by atoms with Gasteiger partial charge in [-0.2, -0.15) is 0 Å². The zero-order valence-corrected chi connectivity index (χ0v) is 12.0. The molecule has 0 saturated heterocycles. The van der Waals surface area contributed by atoms with Crippen LogP contribution in [0, 0.1) is 5.82 Å². The van der Waals surface area contributed by atoms with Crippen molar-refractivity contribution in [1.82, 2.24) is 0 Å². The quantitative estimate of drug-likeness (QED) is 0.608. The van der Waals surface area contributed by atoms with Gasteiger partial charge in [0, 0.05) is 5.56 Å². The van der Waals surface area contributed by atoms with Gasteiger partial charge in [0.15, 0.2) is 12.7 Å². The Morgan fingerprint density at radius 1 is 1.05 bits per heavy atom. The minimum absolute atomic E-state index is 0.283. The number of carbonyl (C=O) groups excluding carboxylic acids is 2. The van der Waals surface area contributed by atoms with Crippen molar-refractivity contribution in [3.05, 3.63) is 66.0 Å². The zero-order chi connectivity index (χ0) is 15.9. The van der Waals surface area contributed by atoms with Crippen molar-refractivity contribution in [2.24, 2.45) is 0 Å². The lowest BCUT2D eigenvalue weighted by molar-refractivity contribution is -0.148. The summed E-state index contributed by atoms with van der Waals surface area (Å²) in [7, 11) is 0. The summed E-state index contributed by atoms with van der Waals surface area (Å²) in [5.74, 6) is -0.936. The summed E-state index contributed by atoms with van der Waals surface area (Å²) in [6.45, 7) is 1.18. The fourth-order valence-electron chi connectivity index (χ4n) is 1.79. The van der Waals surface area contributed by atoms with E-state index in [-0.39, 0.29) is 12.2 Å². The molecule has 0 radical (unpaired) electrons. The van der Waals surface area contributed by atoms with Crippen LogP contribution in [0.3, 0.4) is 0 Å². The molecule has 0 N–H and O–H groups in total. The number of benzene rings is 2. The molecule has 114 valence electrons. The molecule has 0 saturated carbocycles. The molecule has 0 amide bonds. The number of ether oxygens (including phenoxy) is 2. The molecule has 0 aliphatic carbocycles. The van der Waals surface area contributed by atoms with E-state index < -0.39 is 23.7 Å².